The van der Waals surface area contributed by atoms with E-state index in [-0.39, 0.29) is 16.2 Å². The summed E-state index contributed by atoms with van der Waals surface area (Å²) in [7, 11) is 0. The molecular weight excluding hydrogens is 328 g/mol. The first-order valence-corrected chi connectivity index (χ1v) is 9.74. The van der Waals surface area contributed by atoms with Crippen LogP contribution in [0.4, 0.5) is 0 Å². The summed E-state index contributed by atoms with van der Waals surface area (Å²) in [5, 5.41) is 0. The van der Waals surface area contributed by atoms with E-state index in [4.69, 9.17) is 0 Å². The van der Waals surface area contributed by atoms with Crippen molar-refractivity contribution in [3.63, 3.8) is 0 Å². The minimum Gasteiger partial charge on any atom is -0.361 e. The molecule has 2 nitrogen and oxygen atoms in total. The van der Waals surface area contributed by atoms with Crippen molar-refractivity contribution in [2.75, 3.05) is 0 Å². The third-order valence-electron chi connectivity index (χ3n) is 5.00. The first kappa shape index (κ1) is 21.1. The minimum atomic E-state index is -0.0820. The van der Waals surface area contributed by atoms with Crippen LogP contribution in [0, 0.1) is 0 Å². The molecule has 0 spiro atoms. The van der Waals surface area contributed by atoms with Crippen LogP contribution in [0.5, 0.6) is 0 Å². The summed E-state index contributed by atoms with van der Waals surface area (Å²) >= 11 is 0. The standard InChI is InChI=1S/C25H34N2/c1-23(2,3)18-15-19(24(4,5)6)21(20(16-18)25(7,8)9)22(27-26)17-13-11-10-12-14-17/h10-16H,1-9H3. The van der Waals surface area contributed by atoms with Gasteiger partial charge in [0.2, 0.25) is 0 Å². The summed E-state index contributed by atoms with van der Waals surface area (Å²) < 4.78 is 0. The van der Waals surface area contributed by atoms with Crippen LogP contribution in [0.3, 0.4) is 0 Å². The Kier molecular flexibility index (Phi) is 5.55. The second-order valence-electron chi connectivity index (χ2n) is 10.5. The topological polar surface area (TPSA) is 36.4 Å². The Labute approximate surface area is 165 Å². The lowest BCUT2D eigenvalue weighted by atomic mass is 9.71. The molecule has 2 aromatic rings. The van der Waals surface area contributed by atoms with Crippen molar-refractivity contribution in [2.45, 2.75) is 78.6 Å². The first-order valence-electron chi connectivity index (χ1n) is 9.74. The fourth-order valence-electron chi connectivity index (χ4n) is 3.36. The maximum Gasteiger partial charge on any atom is 0.330 e. The Morgan fingerprint density at radius 2 is 1.15 bits per heavy atom. The largest absolute Gasteiger partial charge is 0.361 e. The molecule has 0 aliphatic heterocycles. The molecule has 2 rings (SSSR count). The zero-order chi connectivity index (χ0) is 20.6. The predicted molar refractivity (Wildman–Crippen MR) is 116 cm³/mol. The minimum absolute atomic E-state index is 0.0435. The smallest absolute Gasteiger partial charge is 0.330 e. The zero-order valence-corrected chi connectivity index (χ0v) is 18.4. The SMILES string of the molecule is CC(C)(C)c1cc(C(C)(C)C)c(C(=[N+]=[N-])c2ccccc2)c(C(C)(C)C)c1. The summed E-state index contributed by atoms with van der Waals surface area (Å²) in [6.45, 7) is 20.1. The number of nitrogens with zero attached hydrogens (tertiary/aromatic N) is 2. The number of rotatable bonds is 2. The molecule has 2 heteroatoms. The van der Waals surface area contributed by atoms with Crippen molar-refractivity contribution in [2.24, 2.45) is 0 Å². The van der Waals surface area contributed by atoms with Crippen LogP contribution in [0.1, 0.15) is 90.1 Å². The quantitative estimate of drug-likeness (QED) is 0.326. The lowest BCUT2D eigenvalue weighted by molar-refractivity contribution is -0.00305. The van der Waals surface area contributed by atoms with Gasteiger partial charge in [-0.05, 0) is 45.1 Å². The van der Waals surface area contributed by atoms with Crippen LogP contribution in [-0.2, 0) is 16.2 Å². The molecule has 0 atom stereocenters. The predicted octanol–water partition coefficient (Wildman–Crippen LogP) is 6.65. The Morgan fingerprint density at radius 1 is 0.704 bits per heavy atom. The van der Waals surface area contributed by atoms with Crippen LogP contribution in [0.2, 0.25) is 0 Å². The van der Waals surface area contributed by atoms with E-state index in [1.165, 1.54) is 16.7 Å². The monoisotopic (exact) mass is 362 g/mol. The molecule has 27 heavy (non-hydrogen) atoms. The van der Waals surface area contributed by atoms with Gasteiger partial charge in [-0.15, -0.1) is 0 Å². The third kappa shape index (κ3) is 4.57. The Hall–Kier alpha value is -2.18. The van der Waals surface area contributed by atoms with E-state index in [9.17, 15) is 5.53 Å². The molecule has 0 aliphatic carbocycles. The van der Waals surface area contributed by atoms with Crippen molar-refractivity contribution in [3.05, 3.63) is 75.8 Å². The highest BCUT2D eigenvalue weighted by molar-refractivity contribution is 6.11. The van der Waals surface area contributed by atoms with Crippen LogP contribution in [-0.4, -0.2) is 10.5 Å². The second kappa shape index (κ2) is 7.09. The zero-order valence-electron chi connectivity index (χ0n) is 18.4. The van der Waals surface area contributed by atoms with E-state index in [2.05, 4.69) is 79.2 Å². The molecule has 0 saturated carbocycles. The van der Waals surface area contributed by atoms with E-state index in [1.54, 1.807) is 0 Å². The molecule has 0 N–H and O–H groups in total. The van der Waals surface area contributed by atoms with Gasteiger partial charge in [0.25, 0.3) is 0 Å². The molecule has 0 amide bonds. The van der Waals surface area contributed by atoms with Gasteiger partial charge in [0, 0.05) is 0 Å². The van der Waals surface area contributed by atoms with Gasteiger partial charge in [-0.3, -0.25) is 0 Å². The molecule has 0 aromatic heterocycles. The fraction of sp³-hybridized carbons (Fsp3) is 0.480. The summed E-state index contributed by atoms with van der Waals surface area (Å²) in [5.74, 6) is 0. The first-order chi connectivity index (χ1) is 12.3. The molecule has 0 aliphatic rings. The van der Waals surface area contributed by atoms with E-state index in [0.29, 0.717) is 5.71 Å². The van der Waals surface area contributed by atoms with Crippen molar-refractivity contribution in [1.29, 1.82) is 0 Å². The lowest BCUT2D eigenvalue weighted by Gasteiger charge is -2.32. The summed E-state index contributed by atoms with van der Waals surface area (Å²) in [6.07, 6.45) is 0. The lowest BCUT2D eigenvalue weighted by Crippen LogP contribution is -2.27. The van der Waals surface area contributed by atoms with Gasteiger partial charge < -0.3 is 5.53 Å². The maximum atomic E-state index is 10.0. The number of hydrogen-bond donors (Lipinski definition) is 0. The molecular formula is C25H34N2. The van der Waals surface area contributed by atoms with Gasteiger partial charge in [0.15, 0.2) is 0 Å². The van der Waals surface area contributed by atoms with Crippen molar-refractivity contribution in [1.82, 2.24) is 0 Å². The molecule has 0 unspecified atom stereocenters. The van der Waals surface area contributed by atoms with Gasteiger partial charge in [-0.1, -0.05) is 92.6 Å². The summed E-state index contributed by atoms with van der Waals surface area (Å²) in [4.78, 5) is 3.79. The van der Waals surface area contributed by atoms with Gasteiger partial charge in [0.05, 0.1) is 11.1 Å². The molecule has 2 aromatic carbocycles. The molecule has 0 bridgehead atoms. The van der Waals surface area contributed by atoms with Crippen molar-refractivity contribution in [3.8, 4) is 0 Å². The van der Waals surface area contributed by atoms with E-state index in [1.807, 2.05) is 30.3 Å². The van der Waals surface area contributed by atoms with Gasteiger partial charge in [0.1, 0.15) is 0 Å². The van der Waals surface area contributed by atoms with Crippen LogP contribution in [0.25, 0.3) is 5.53 Å². The normalized spacial score (nSPS) is 12.6. The highest BCUT2D eigenvalue weighted by Crippen LogP contribution is 2.39. The van der Waals surface area contributed by atoms with Crippen LogP contribution < -0.4 is 0 Å². The van der Waals surface area contributed by atoms with Crippen LogP contribution >= 0.6 is 0 Å². The maximum absolute atomic E-state index is 10.0. The average molecular weight is 363 g/mol. The average Bonchev–Trinajstić information content (AvgIpc) is 2.53. The highest BCUT2D eigenvalue weighted by atomic mass is 14.9. The summed E-state index contributed by atoms with van der Waals surface area (Å²) in [6, 6.07) is 14.6. The Morgan fingerprint density at radius 3 is 1.48 bits per heavy atom. The number of benzene rings is 2. The van der Waals surface area contributed by atoms with Gasteiger partial charge >= 0.3 is 5.71 Å². The fourth-order valence-corrected chi connectivity index (χ4v) is 3.36. The van der Waals surface area contributed by atoms with E-state index >= 15 is 0 Å². The summed E-state index contributed by atoms with van der Waals surface area (Å²) in [5.41, 5.74) is 16.3. The molecule has 144 valence electrons. The molecule has 0 heterocycles. The highest BCUT2D eigenvalue weighted by Gasteiger charge is 2.34. The van der Waals surface area contributed by atoms with E-state index in [0.717, 1.165) is 11.1 Å². The van der Waals surface area contributed by atoms with Gasteiger partial charge in [-0.2, -0.15) is 4.79 Å². The Balaban J connectivity index is 3.00. The van der Waals surface area contributed by atoms with Crippen LogP contribution in [0.15, 0.2) is 42.5 Å². The number of hydrogen-bond acceptors (Lipinski definition) is 0. The van der Waals surface area contributed by atoms with Gasteiger partial charge in [-0.25, -0.2) is 0 Å². The van der Waals surface area contributed by atoms with E-state index < -0.39 is 0 Å². The molecule has 0 saturated heterocycles. The molecule has 0 fully saturated rings. The second-order valence-corrected chi connectivity index (χ2v) is 10.5. The third-order valence-corrected chi connectivity index (χ3v) is 5.00. The Bertz CT molecular complexity index is 828. The van der Waals surface area contributed by atoms with Crippen molar-refractivity contribution < 1.29 is 4.79 Å². The van der Waals surface area contributed by atoms with Crippen molar-refractivity contribution >= 4 is 5.71 Å². The molecule has 0 radical (unpaired) electrons.